The van der Waals surface area contributed by atoms with E-state index in [0.29, 0.717) is 10.2 Å². The Labute approximate surface area is 167 Å². The Kier molecular flexibility index (Phi) is 5.61. The number of hydrogen-bond acceptors (Lipinski definition) is 5. The topological polar surface area (TPSA) is 79.0 Å². The highest BCUT2D eigenvalue weighted by atomic mass is 32.1. The summed E-state index contributed by atoms with van der Waals surface area (Å²) in [4.78, 5) is 33.6. The summed E-state index contributed by atoms with van der Waals surface area (Å²) in [5.74, 6) is -0.244. The molecule has 0 spiro atoms. The molecule has 2 aromatic heterocycles. The van der Waals surface area contributed by atoms with E-state index in [1.165, 1.54) is 22.2 Å². The number of nitrogens with zero attached hydrogens (tertiary/aromatic N) is 4. The molecule has 0 atom stereocenters. The van der Waals surface area contributed by atoms with Crippen LogP contribution in [0.4, 0.5) is 5.69 Å². The summed E-state index contributed by atoms with van der Waals surface area (Å²) in [6.07, 6.45) is 1.65. The average molecular weight is 395 g/mol. The Hall–Kier alpha value is -2.98. The molecule has 0 aliphatic carbocycles. The first-order chi connectivity index (χ1) is 13.3. The van der Waals surface area contributed by atoms with Crippen molar-refractivity contribution >= 4 is 33.1 Å². The van der Waals surface area contributed by atoms with Gasteiger partial charge in [-0.3, -0.25) is 14.2 Å². The quantitative estimate of drug-likeness (QED) is 0.662. The summed E-state index contributed by atoms with van der Waals surface area (Å²) in [5, 5.41) is 9.55. The van der Waals surface area contributed by atoms with E-state index in [4.69, 9.17) is 5.26 Å². The van der Waals surface area contributed by atoms with Crippen molar-refractivity contribution in [2.75, 3.05) is 11.4 Å². The number of anilines is 1. The van der Waals surface area contributed by atoms with Gasteiger partial charge in [0.15, 0.2) is 0 Å². The maximum atomic E-state index is 13.0. The molecule has 2 heterocycles. The number of rotatable bonds is 5. The summed E-state index contributed by atoms with van der Waals surface area (Å²) in [7, 11) is 0. The monoisotopic (exact) mass is 394 g/mol. The van der Waals surface area contributed by atoms with E-state index in [1.807, 2.05) is 45.9 Å². The fraction of sp³-hybridized carbons (Fsp3) is 0.333. The molecule has 0 saturated carbocycles. The number of carbonyl (C=O) groups excluding carboxylic acids is 1. The van der Waals surface area contributed by atoms with Gasteiger partial charge in [0, 0.05) is 17.1 Å². The van der Waals surface area contributed by atoms with Gasteiger partial charge in [-0.1, -0.05) is 6.07 Å². The second kappa shape index (κ2) is 7.95. The van der Waals surface area contributed by atoms with Gasteiger partial charge in [0.2, 0.25) is 5.91 Å². The molecular formula is C21H22N4O2S. The third-order valence-corrected chi connectivity index (χ3v) is 6.13. The van der Waals surface area contributed by atoms with Crippen LogP contribution in [0, 0.1) is 39.0 Å². The zero-order valence-electron chi connectivity index (χ0n) is 16.4. The van der Waals surface area contributed by atoms with Gasteiger partial charge in [0.25, 0.3) is 5.56 Å². The molecule has 0 fully saturated rings. The van der Waals surface area contributed by atoms with E-state index in [-0.39, 0.29) is 31.0 Å². The molecule has 28 heavy (non-hydrogen) atoms. The molecule has 7 heteroatoms. The van der Waals surface area contributed by atoms with Crippen LogP contribution in [0.2, 0.25) is 0 Å². The summed E-state index contributed by atoms with van der Waals surface area (Å²) in [6.45, 7) is 8.01. The number of fused-ring (bicyclic) bond motifs is 1. The van der Waals surface area contributed by atoms with Crippen molar-refractivity contribution in [2.45, 2.75) is 40.7 Å². The van der Waals surface area contributed by atoms with Crippen LogP contribution in [-0.4, -0.2) is 22.0 Å². The standard InChI is InChI=1S/C21H22N4O2S/c1-13-6-7-17(10-14(13)2)25(9-5-8-22)18(26)11-24-12-23-20-19(21(24)27)15(3)16(4)28-20/h6-7,10,12H,5,9,11H2,1-4H3. The highest BCUT2D eigenvalue weighted by Gasteiger charge is 2.19. The van der Waals surface area contributed by atoms with Gasteiger partial charge >= 0.3 is 0 Å². The molecule has 6 nitrogen and oxygen atoms in total. The van der Waals surface area contributed by atoms with E-state index >= 15 is 0 Å². The van der Waals surface area contributed by atoms with E-state index < -0.39 is 0 Å². The number of thiophene rings is 1. The van der Waals surface area contributed by atoms with Gasteiger partial charge in [0.05, 0.1) is 24.2 Å². The molecule has 0 N–H and O–H groups in total. The van der Waals surface area contributed by atoms with Crippen molar-refractivity contribution in [3.63, 3.8) is 0 Å². The number of nitriles is 1. The van der Waals surface area contributed by atoms with Crippen LogP contribution in [0.1, 0.15) is 28.0 Å². The van der Waals surface area contributed by atoms with Gasteiger partial charge in [-0.2, -0.15) is 5.26 Å². The fourth-order valence-corrected chi connectivity index (χ4v) is 4.05. The van der Waals surface area contributed by atoms with E-state index in [2.05, 4.69) is 11.1 Å². The lowest BCUT2D eigenvalue weighted by Crippen LogP contribution is -2.37. The third-order valence-electron chi connectivity index (χ3n) is 5.01. The van der Waals surface area contributed by atoms with Crippen molar-refractivity contribution < 1.29 is 4.79 Å². The van der Waals surface area contributed by atoms with Crippen LogP contribution in [-0.2, 0) is 11.3 Å². The maximum absolute atomic E-state index is 13.0. The van der Waals surface area contributed by atoms with Crippen molar-refractivity contribution in [3.8, 4) is 6.07 Å². The predicted molar refractivity (Wildman–Crippen MR) is 112 cm³/mol. The summed E-state index contributed by atoms with van der Waals surface area (Å²) >= 11 is 1.48. The lowest BCUT2D eigenvalue weighted by molar-refractivity contribution is -0.119. The largest absolute Gasteiger partial charge is 0.310 e. The predicted octanol–water partition coefficient (Wildman–Crippen LogP) is 3.64. The maximum Gasteiger partial charge on any atom is 0.262 e. The molecule has 3 aromatic rings. The minimum atomic E-state index is -0.244. The second-order valence-electron chi connectivity index (χ2n) is 6.86. The number of aromatic nitrogens is 2. The first-order valence-corrected chi connectivity index (χ1v) is 9.85. The van der Waals surface area contributed by atoms with Crippen LogP contribution in [0.15, 0.2) is 29.3 Å². The Balaban J connectivity index is 1.96. The Bertz CT molecular complexity index is 1150. The minimum Gasteiger partial charge on any atom is -0.310 e. The van der Waals surface area contributed by atoms with E-state index in [0.717, 1.165) is 27.3 Å². The molecule has 3 rings (SSSR count). The Morgan fingerprint density at radius 3 is 2.68 bits per heavy atom. The van der Waals surface area contributed by atoms with Crippen molar-refractivity contribution in [2.24, 2.45) is 0 Å². The van der Waals surface area contributed by atoms with E-state index in [1.54, 1.807) is 4.90 Å². The molecule has 0 saturated heterocycles. The van der Waals surface area contributed by atoms with Crippen LogP contribution in [0.25, 0.3) is 10.2 Å². The van der Waals surface area contributed by atoms with Crippen LogP contribution in [0.3, 0.4) is 0 Å². The number of amides is 1. The molecule has 0 bridgehead atoms. The van der Waals surface area contributed by atoms with Gasteiger partial charge in [-0.15, -0.1) is 11.3 Å². The number of aryl methyl sites for hydroxylation is 4. The number of benzene rings is 1. The molecule has 0 unspecified atom stereocenters. The molecule has 144 valence electrons. The summed E-state index contributed by atoms with van der Waals surface area (Å²) in [6, 6.07) is 7.84. The lowest BCUT2D eigenvalue weighted by Gasteiger charge is -2.23. The molecule has 0 aliphatic heterocycles. The second-order valence-corrected chi connectivity index (χ2v) is 8.07. The van der Waals surface area contributed by atoms with Crippen LogP contribution >= 0.6 is 11.3 Å². The minimum absolute atomic E-state index is 0.117. The molecule has 1 aromatic carbocycles. The van der Waals surface area contributed by atoms with Gasteiger partial charge in [-0.05, 0) is 56.5 Å². The Morgan fingerprint density at radius 2 is 2.00 bits per heavy atom. The normalized spacial score (nSPS) is 10.8. The van der Waals surface area contributed by atoms with Crippen molar-refractivity contribution in [1.29, 1.82) is 5.26 Å². The molecular weight excluding hydrogens is 372 g/mol. The molecule has 1 amide bonds. The third kappa shape index (κ3) is 3.69. The highest BCUT2D eigenvalue weighted by Crippen LogP contribution is 2.25. The highest BCUT2D eigenvalue weighted by molar-refractivity contribution is 7.18. The zero-order chi connectivity index (χ0) is 20.4. The first kappa shape index (κ1) is 19.8. The van der Waals surface area contributed by atoms with Gasteiger partial charge in [0.1, 0.15) is 11.4 Å². The number of hydrogen-bond donors (Lipinski definition) is 0. The van der Waals surface area contributed by atoms with Gasteiger partial charge in [-0.25, -0.2) is 4.98 Å². The summed E-state index contributed by atoms with van der Waals surface area (Å²) < 4.78 is 1.35. The van der Waals surface area contributed by atoms with E-state index in [9.17, 15) is 9.59 Å². The fourth-order valence-electron chi connectivity index (χ4n) is 3.07. The molecule has 0 radical (unpaired) electrons. The zero-order valence-corrected chi connectivity index (χ0v) is 17.3. The van der Waals surface area contributed by atoms with Crippen LogP contribution < -0.4 is 10.5 Å². The smallest absolute Gasteiger partial charge is 0.262 e. The van der Waals surface area contributed by atoms with Crippen molar-refractivity contribution in [3.05, 3.63) is 56.4 Å². The van der Waals surface area contributed by atoms with Gasteiger partial charge < -0.3 is 4.90 Å². The SMILES string of the molecule is Cc1ccc(N(CCC#N)C(=O)Cn2cnc3sc(C)c(C)c3c2=O)cc1C. The number of carbonyl (C=O) groups is 1. The first-order valence-electron chi connectivity index (χ1n) is 9.03. The Morgan fingerprint density at radius 1 is 1.25 bits per heavy atom. The molecule has 0 aliphatic rings. The van der Waals surface area contributed by atoms with Crippen molar-refractivity contribution in [1.82, 2.24) is 9.55 Å². The summed E-state index contributed by atoms with van der Waals surface area (Å²) in [5.41, 5.74) is 3.63. The van der Waals surface area contributed by atoms with Crippen LogP contribution in [0.5, 0.6) is 0 Å². The lowest BCUT2D eigenvalue weighted by atomic mass is 10.1. The average Bonchev–Trinajstić information content (AvgIpc) is 2.95.